The molecule has 1 N–H and O–H groups in total. The Hall–Kier alpha value is -1.89. The fourth-order valence-electron chi connectivity index (χ4n) is 3.13. The van der Waals surface area contributed by atoms with E-state index in [0.717, 1.165) is 30.0 Å². The highest BCUT2D eigenvalue weighted by atomic mass is 32.2. The van der Waals surface area contributed by atoms with Gasteiger partial charge in [0.1, 0.15) is 4.90 Å². The minimum absolute atomic E-state index is 0.0241. The molecular weight excluding hydrogens is 352 g/mol. The number of unbranched alkanes of at least 4 members (excludes halogenated alkanes) is 1. The van der Waals surface area contributed by atoms with E-state index in [2.05, 4.69) is 19.2 Å². The Labute approximate surface area is 156 Å². The van der Waals surface area contributed by atoms with Crippen LogP contribution in [0.4, 0.5) is 0 Å². The average molecular weight is 381 g/mol. The fraction of sp³-hybridized carbons (Fsp3) is 0.579. The third-order valence-corrected chi connectivity index (χ3v) is 6.65. The molecule has 0 radical (unpaired) electrons. The monoisotopic (exact) mass is 380 g/mol. The lowest BCUT2D eigenvalue weighted by Gasteiger charge is -2.16. The number of nitrogens with zero attached hydrogens (tertiary/aromatic N) is 1. The molecule has 0 saturated heterocycles. The molecule has 1 atom stereocenters. The third-order valence-electron chi connectivity index (χ3n) is 4.81. The first-order valence-corrected chi connectivity index (χ1v) is 10.8. The number of rotatable bonds is 10. The van der Waals surface area contributed by atoms with Gasteiger partial charge in [0.2, 0.25) is 5.91 Å². The van der Waals surface area contributed by atoms with Crippen molar-refractivity contribution in [3.8, 4) is 0 Å². The standard InChI is InChI=1S/C19H28N2O4S/c1-3-5-9-15(4-2)14-20-18(22)12-8-13-21-19(23)16-10-6-7-11-17(16)26(21,24)25/h6-7,10-11,15H,3-5,8-9,12-14H2,1-2H3,(H,20,22)/t15-/m0/s1. The van der Waals surface area contributed by atoms with Gasteiger partial charge in [0.25, 0.3) is 15.9 Å². The van der Waals surface area contributed by atoms with Crippen LogP contribution in [0.25, 0.3) is 0 Å². The van der Waals surface area contributed by atoms with Crippen molar-refractivity contribution in [2.75, 3.05) is 13.1 Å². The zero-order valence-electron chi connectivity index (χ0n) is 15.5. The van der Waals surface area contributed by atoms with Gasteiger partial charge in [-0.05, 0) is 30.9 Å². The van der Waals surface area contributed by atoms with Crippen molar-refractivity contribution in [1.82, 2.24) is 9.62 Å². The van der Waals surface area contributed by atoms with Crippen LogP contribution in [-0.2, 0) is 14.8 Å². The molecule has 0 saturated carbocycles. The lowest BCUT2D eigenvalue weighted by molar-refractivity contribution is -0.121. The van der Waals surface area contributed by atoms with Gasteiger partial charge in [-0.1, -0.05) is 45.2 Å². The summed E-state index contributed by atoms with van der Waals surface area (Å²) in [5.41, 5.74) is 0.207. The molecule has 144 valence electrons. The van der Waals surface area contributed by atoms with Crippen LogP contribution >= 0.6 is 0 Å². The summed E-state index contributed by atoms with van der Waals surface area (Å²) in [6, 6.07) is 6.20. The first-order valence-electron chi connectivity index (χ1n) is 9.34. The van der Waals surface area contributed by atoms with Gasteiger partial charge in [-0.2, -0.15) is 0 Å². The maximum atomic E-state index is 12.4. The van der Waals surface area contributed by atoms with Gasteiger partial charge in [-0.3, -0.25) is 9.59 Å². The van der Waals surface area contributed by atoms with E-state index < -0.39 is 15.9 Å². The average Bonchev–Trinajstić information content (AvgIpc) is 2.83. The van der Waals surface area contributed by atoms with Gasteiger partial charge in [0.05, 0.1) is 5.56 Å². The van der Waals surface area contributed by atoms with Gasteiger partial charge in [-0.25, -0.2) is 12.7 Å². The Bertz CT molecular complexity index is 746. The van der Waals surface area contributed by atoms with Crippen molar-refractivity contribution >= 4 is 21.8 Å². The maximum Gasteiger partial charge on any atom is 0.269 e. The summed E-state index contributed by atoms with van der Waals surface area (Å²) in [6.45, 7) is 4.95. The number of benzene rings is 1. The molecule has 1 aliphatic rings. The van der Waals surface area contributed by atoms with Crippen LogP contribution in [0.3, 0.4) is 0 Å². The summed E-state index contributed by atoms with van der Waals surface area (Å²) in [7, 11) is -3.78. The van der Waals surface area contributed by atoms with Crippen LogP contribution in [-0.4, -0.2) is 37.6 Å². The van der Waals surface area contributed by atoms with Gasteiger partial charge in [-0.15, -0.1) is 0 Å². The molecule has 1 heterocycles. The predicted molar refractivity (Wildman–Crippen MR) is 100 cm³/mol. The SMILES string of the molecule is CCCC[C@H](CC)CNC(=O)CCCN1C(=O)c2ccccc2S1(=O)=O. The van der Waals surface area contributed by atoms with Gasteiger partial charge in [0.15, 0.2) is 0 Å². The number of carbonyl (C=O) groups excluding carboxylic acids is 2. The number of carbonyl (C=O) groups is 2. The van der Waals surface area contributed by atoms with Gasteiger partial charge < -0.3 is 5.32 Å². The summed E-state index contributed by atoms with van der Waals surface area (Å²) < 4.78 is 25.7. The van der Waals surface area contributed by atoms with E-state index in [1.54, 1.807) is 12.1 Å². The van der Waals surface area contributed by atoms with Crippen LogP contribution in [0.1, 0.15) is 62.7 Å². The molecule has 6 nitrogen and oxygen atoms in total. The largest absolute Gasteiger partial charge is 0.356 e. The zero-order chi connectivity index (χ0) is 19.2. The van der Waals surface area contributed by atoms with Crippen molar-refractivity contribution in [2.24, 2.45) is 5.92 Å². The highest BCUT2D eigenvalue weighted by Gasteiger charge is 2.40. The van der Waals surface area contributed by atoms with E-state index in [1.165, 1.54) is 12.1 Å². The highest BCUT2D eigenvalue weighted by Crippen LogP contribution is 2.29. The summed E-state index contributed by atoms with van der Waals surface area (Å²) in [6.07, 6.45) is 4.95. The molecule has 0 aliphatic carbocycles. The minimum Gasteiger partial charge on any atom is -0.356 e. The van der Waals surface area contributed by atoms with E-state index in [4.69, 9.17) is 0 Å². The molecule has 0 aromatic heterocycles. The van der Waals surface area contributed by atoms with E-state index >= 15 is 0 Å². The molecule has 0 bridgehead atoms. The van der Waals surface area contributed by atoms with Crippen molar-refractivity contribution < 1.29 is 18.0 Å². The molecule has 2 amide bonds. The van der Waals surface area contributed by atoms with Crippen molar-refractivity contribution in [1.29, 1.82) is 0 Å². The molecule has 26 heavy (non-hydrogen) atoms. The predicted octanol–water partition coefficient (Wildman–Crippen LogP) is 2.94. The maximum absolute atomic E-state index is 12.4. The van der Waals surface area contributed by atoms with Crippen LogP contribution in [0.5, 0.6) is 0 Å². The number of nitrogens with one attached hydrogen (secondary N) is 1. The molecule has 0 unspecified atom stereocenters. The molecule has 1 aliphatic heterocycles. The zero-order valence-corrected chi connectivity index (χ0v) is 16.3. The van der Waals surface area contributed by atoms with Crippen molar-refractivity contribution in [3.63, 3.8) is 0 Å². The second-order valence-corrected chi connectivity index (χ2v) is 8.53. The fourth-order valence-corrected chi connectivity index (χ4v) is 4.73. The Morgan fingerprint density at radius 2 is 1.92 bits per heavy atom. The third kappa shape index (κ3) is 4.63. The second kappa shape index (κ2) is 9.16. The van der Waals surface area contributed by atoms with Gasteiger partial charge >= 0.3 is 0 Å². The first kappa shape index (κ1) is 20.4. The lowest BCUT2D eigenvalue weighted by atomic mass is 9.99. The number of fused-ring (bicyclic) bond motifs is 1. The summed E-state index contributed by atoms with van der Waals surface area (Å²) in [5.74, 6) is -0.123. The topological polar surface area (TPSA) is 83.6 Å². The first-order chi connectivity index (χ1) is 12.4. The van der Waals surface area contributed by atoms with Crippen LogP contribution in [0.15, 0.2) is 29.2 Å². The van der Waals surface area contributed by atoms with Crippen molar-refractivity contribution in [2.45, 2.75) is 57.3 Å². The number of amides is 2. The van der Waals surface area contributed by atoms with Crippen LogP contribution in [0.2, 0.25) is 0 Å². The van der Waals surface area contributed by atoms with Crippen LogP contribution < -0.4 is 5.32 Å². The van der Waals surface area contributed by atoms with E-state index in [-0.39, 0.29) is 29.3 Å². The smallest absolute Gasteiger partial charge is 0.269 e. The molecule has 7 heteroatoms. The molecule has 0 spiro atoms. The Morgan fingerprint density at radius 1 is 1.19 bits per heavy atom. The summed E-state index contributed by atoms with van der Waals surface area (Å²) in [4.78, 5) is 24.3. The number of hydrogen-bond donors (Lipinski definition) is 1. The second-order valence-electron chi connectivity index (χ2n) is 6.70. The summed E-state index contributed by atoms with van der Waals surface area (Å²) >= 11 is 0. The normalized spacial score (nSPS) is 16.4. The molecule has 0 fully saturated rings. The highest BCUT2D eigenvalue weighted by molar-refractivity contribution is 7.90. The van der Waals surface area contributed by atoms with Crippen LogP contribution in [0, 0.1) is 5.92 Å². The molecular formula is C19H28N2O4S. The quantitative estimate of drug-likeness (QED) is 0.676. The Kier molecular flexibility index (Phi) is 7.20. The minimum atomic E-state index is -3.78. The number of hydrogen-bond acceptors (Lipinski definition) is 4. The Balaban J connectivity index is 1.81. The summed E-state index contributed by atoms with van der Waals surface area (Å²) in [5, 5.41) is 2.93. The molecule has 1 aromatic rings. The van der Waals surface area contributed by atoms with Crippen molar-refractivity contribution in [3.05, 3.63) is 29.8 Å². The molecule has 2 rings (SSSR count). The van der Waals surface area contributed by atoms with Gasteiger partial charge in [0, 0.05) is 19.5 Å². The van der Waals surface area contributed by atoms with E-state index in [9.17, 15) is 18.0 Å². The van der Waals surface area contributed by atoms with E-state index in [0.29, 0.717) is 18.9 Å². The number of sulfonamides is 1. The Morgan fingerprint density at radius 3 is 2.58 bits per heavy atom. The lowest BCUT2D eigenvalue weighted by Crippen LogP contribution is -2.33. The molecule has 1 aromatic carbocycles. The van der Waals surface area contributed by atoms with E-state index in [1.807, 2.05) is 0 Å².